The summed E-state index contributed by atoms with van der Waals surface area (Å²) < 4.78 is 10.6. The van der Waals surface area contributed by atoms with Crippen LogP contribution in [0.1, 0.15) is 42.2 Å². The smallest absolute Gasteiger partial charge is 0.259 e. The van der Waals surface area contributed by atoms with Gasteiger partial charge in [-0.2, -0.15) is 0 Å². The lowest BCUT2D eigenvalue weighted by Gasteiger charge is -2.33. The van der Waals surface area contributed by atoms with Crippen LogP contribution < -0.4 is 4.74 Å². The van der Waals surface area contributed by atoms with Crippen molar-refractivity contribution in [3.05, 3.63) is 41.6 Å². The first-order valence-electron chi connectivity index (χ1n) is 9.31. The average molecular weight is 365 g/mol. The second kappa shape index (κ2) is 7.02. The van der Waals surface area contributed by atoms with Gasteiger partial charge in [-0.15, -0.1) is 0 Å². The molecular weight excluding hydrogens is 342 g/mol. The van der Waals surface area contributed by atoms with E-state index in [0.29, 0.717) is 28.1 Å². The number of carbonyl (C=O) groups is 1. The molecular formula is C21H23N3O3. The molecule has 0 aliphatic carbocycles. The number of piperidine rings is 1. The number of hydrogen-bond acceptors (Lipinski definition) is 5. The molecule has 0 spiro atoms. The number of hydrogen-bond donors (Lipinski definition) is 0. The Labute approximate surface area is 158 Å². The van der Waals surface area contributed by atoms with E-state index in [9.17, 15) is 4.79 Å². The first-order chi connectivity index (χ1) is 13.1. The highest BCUT2D eigenvalue weighted by Crippen LogP contribution is 2.30. The summed E-state index contributed by atoms with van der Waals surface area (Å²) in [5.74, 6) is 0.796. The largest absolute Gasteiger partial charge is 0.497 e. The van der Waals surface area contributed by atoms with Gasteiger partial charge in [-0.05, 0) is 63.4 Å². The van der Waals surface area contributed by atoms with Gasteiger partial charge in [0.25, 0.3) is 11.6 Å². The molecule has 1 aromatic carbocycles. The number of aromatic nitrogens is 2. The van der Waals surface area contributed by atoms with Gasteiger partial charge in [-0.3, -0.25) is 4.79 Å². The van der Waals surface area contributed by atoms with Crippen molar-refractivity contribution in [2.45, 2.75) is 39.2 Å². The van der Waals surface area contributed by atoms with Gasteiger partial charge in [-0.25, -0.2) is 4.98 Å². The third-order valence-electron chi connectivity index (χ3n) is 5.30. The van der Waals surface area contributed by atoms with Gasteiger partial charge in [-0.1, -0.05) is 5.16 Å². The summed E-state index contributed by atoms with van der Waals surface area (Å²) in [5.41, 5.74) is 3.28. The summed E-state index contributed by atoms with van der Waals surface area (Å²) in [6.45, 7) is 4.74. The van der Waals surface area contributed by atoms with Crippen LogP contribution in [0, 0.1) is 6.92 Å². The summed E-state index contributed by atoms with van der Waals surface area (Å²) in [7, 11) is 1.63. The summed E-state index contributed by atoms with van der Waals surface area (Å²) >= 11 is 0. The van der Waals surface area contributed by atoms with E-state index in [0.717, 1.165) is 30.7 Å². The Hall–Kier alpha value is -2.89. The van der Waals surface area contributed by atoms with Gasteiger partial charge in [0.2, 0.25) is 0 Å². The van der Waals surface area contributed by atoms with E-state index in [-0.39, 0.29) is 11.9 Å². The number of benzene rings is 1. The number of amides is 1. The Bertz CT molecular complexity index is 978. The number of likely N-dealkylation sites (tertiary alicyclic amines) is 1. The fourth-order valence-corrected chi connectivity index (χ4v) is 3.73. The van der Waals surface area contributed by atoms with Gasteiger partial charge in [0.15, 0.2) is 0 Å². The third kappa shape index (κ3) is 3.16. The van der Waals surface area contributed by atoms with E-state index >= 15 is 0 Å². The second-order valence-corrected chi connectivity index (χ2v) is 7.08. The van der Waals surface area contributed by atoms with Crippen molar-refractivity contribution < 1.29 is 14.1 Å². The molecule has 1 fully saturated rings. The number of aryl methyl sites for hydroxylation is 1. The zero-order valence-electron chi connectivity index (χ0n) is 15.9. The topological polar surface area (TPSA) is 68.5 Å². The van der Waals surface area contributed by atoms with Gasteiger partial charge in [0, 0.05) is 18.2 Å². The fourth-order valence-electron chi connectivity index (χ4n) is 3.73. The van der Waals surface area contributed by atoms with Crippen molar-refractivity contribution in [2.24, 2.45) is 0 Å². The fraction of sp³-hybridized carbons (Fsp3) is 0.381. The van der Waals surface area contributed by atoms with Crippen molar-refractivity contribution >= 4 is 17.0 Å². The minimum absolute atomic E-state index is 0.0238. The molecule has 1 amide bonds. The molecule has 27 heavy (non-hydrogen) atoms. The van der Waals surface area contributed by atoms with Crippen molar-refractivity contribution in [3.8, 4) is 17.0 Å². The lowest BCUT2D eigenvalue weighted by atomic mass is 10.00. The lowest BCUT2D eigenvalue weighted by Crippen LogP contribution is -2.42. The van der Waals surface area contributed by atoms with Crippen LogP contribution in [0.2, 0.25) is 0 Å². The van der Waals surface area contributed by atoms with E-state index in [1.54, 1.807) is 7.11 Å². The highest BCUT2D eigenvalue weighted by Gasteiger charge is 2.28. The molecule has 0 bridgehead atoms. The maximum atomic E-state index is 13.4. The third-order valence-corrected chi connectivity index (χ3v) is 5.30. The van der Waals surface area contributed by atoms with Crippen LogP contribution >= 0.6 is 0 Å². The van der Waals surface area contributed by atoms with Crippen LogP contribution in [-0.4, -0.2) is 40.6 Å². The van der Waals surface area contributed by atoms with E-state index in [2.05, 4.69) is 17.1 Å². The Morgan fingerprint density at radius 2 is 2.04 bits per heavy atom. The van der Waals surface area contributed by atoms with Crippen LogP contribution in [0.15, 0.2) is 34.9 Å². The standard InChI is InChI=1S/C21H23N3O3/c1-13-6-4-5-11-24(13)21(25)17-12-18(15-7-9-16(26-3)10-8-15)22-20-19(17)14(2)23-27-20/h7-10,12-13H,4-6,11H2,1-3H3. The maximum Gasteiger partial charge on any atom is 0.259 e. The zero-order valence-corrected chi connectivity index (χ0v) is 15.9. The normalized spacial score (nSPS) is 17.3. The minimum atomic E-state index is 0.0238. The number of fused-ring (bicyclic) bond motifs is 1. The van der Waals surface area contributed by atoms with Gasteiger partial charge in [0.1, 0.15) is 5.75 Å². The van der Waals surface area contributed by atoms with Crippen molar-refractivity contribution in [1.82, 2.24) is 15.0 Å². The first kappa shape index (κ1) is 17.5. The molecule has 1 atom stereocenters. The van der Waals surface area contributed by atoms with Crippen molar-refractivity contribution in [2.75, 3.05) is 13.7 Å². The Morgan fingerprint density at radius 3 is 2.74 bits per heavy atom. The van der Waals surface area contributed by atoms with Crippen LogP contribution in [-0.2, 0) is 0 Å². The molecule has 0 N–H and O–H groups in total. The van der Waals surface area contributed by atoms with Gasteiger partial charge < -0.3 is 14.2 Å². The molecule has 1 saturated heterocycles. The first-order valence-corrected chi connectivity index (χ1v) is 9.31. The summed E-state index contributed by atoms with van der Waals surface area (Å²) in [4.78, 5) is 19.9. The van der Waals surface area contributed by atoms with E-state index in [4.69, 9.17) is 9.26 Å². The number of carbonyl (C=O) groups excluding carboxylic acids is 1. The Morgan fingerprint density at radius 1 is 1.26 bits per heavy atom. The summed E-state index contributed by atoms with van der Waals surface area (Å²) in [6.07, 6.45) is 3.24. The molecule has 2 aromatic heterocycles. The highest BCUT2D eigenvalue weighted by molar-refractivity contribution is 6.07. The second-order valence-electron chi connectivity index (χ2n) is 7.08. The van der Waals surface area contributed by atoms with E-state index in [1.807, 2.05) is 42.2 Å². The molecule has 6 heteroatoms. The summed E-state index contributed by atoms with van der Waals surface area (Å²) in [6, 6.07) is 9.70. The lowest BCUT2D eigenvalue weighted by molar-refractivity contribution is 0.0637. The minimum Gasteiger partial charge on any atom is -0.497 e. The van der Waals surface area contributed by atoms with E-state index < -0.39 is 0 Å². The van der Waals surface area contributed by atoms with Crippen LogP contribution in [0.3, 0.4) is 0 Å². The zero-order chi connectivity index (χ0) is 19.0. The van der Waals surface area contributed by atoms with Crippen LogP contribution in [0.4, 0.5) is 0 Å². The Kier molecular flexibility index (Phi) is 4.56. The quantitative estimate of drug-likeness (QED) is 0.695. The predicted octanol–water partition coefficient (Wildman–Crippen LogP) is 4.22. The molecule has 0 radical (unpaired) electrons. The molecule has 0 saturated carbocycles. The molecule has 1 aliphatic rings. The molecule has 3 heterocycles. The molecule has 4 rings (SSSR count). The monoisotopic (exact) mass is 365 g/mol. The predicted molar refractivity (Wildman–Crippen MR) is 103 cm³/mol. The van der Waals surface area contributed by atoms with Gasteiger partial charge in [0.05, 0.1) is 29.4 Å². The molecule has 6 nitrogen and oxygen atoms in total. The van der Waals surface area contributed by atoms with Crippen molar-refractivity contribution in [1.29, 1.82) is 0 Å². The molecule has 1 unspecified atom stereocenters. The molecule has 140 valence electrons. The highest BCUT2D eigenvalue weighted by atomic mass is 16.5. The van der Waals surface area contributed by atoms with E-state index in [1.165, 1.54) is 6.42 Å². The number of ether oxygens (including phenoxy) is 1. The number of methoxy groups -OCH3 is 1. The molecule has 1 aliphatic heterocycles. The van der Waals surface area contributed by atoms with Crippen LogP contribution in [0.5, 0.6) is 5.75 Å². The van der Waals surface area contributed by atoms with Crippen LogP contribution in [0.25, 0.3) is 22.4 Å². The van der Waals surface area contributed by atoms with Crippen molar-refractivity contribution in [3.63, 3.8) is 0 Å². The number of nitrogens with zero attached hydrogens (tertiary/aromatic N) is 3. The summed E-state index contributed by atoms with van der Waals surface area (Å²) in [5, 5.41) is 4.74. The molecule has 3 aromatic rings. The maximum absolute atomic E-state index is 13.4. The number of pyridine rings is 1. The average Bonchev–Trinajstić information content (AvgIpc) is 3.08. The Balaban J connectivity index is 1.82. The number of rotatable bonds is 3. The van der Waals surface area contributed by atoms with Gasteiger partial charge >= 0.3 is 0 Å². The SMILES string of the molecule is COc1ccc(-c2cc(C(=O)N3CCCCC3C)c3c(C)noc3n2)cc1.